The minimum Gasteiger partial charge on any atom is -0.454 e. The lowest BCUT2D eigenvalue weighted by Crippen LogP contribution is -2.40. The van der Waals surface area contributed by atoms with Crippen LogP contribution >= 0.6 is 0 Å². The van der Waals surface area contributed by atoms with E-state index in [0.717, 1.165) is 60.8 Å². The van der Waals surface area contributed by atoms with Crippen molar-refractivity contribution in [3.05, 3.63) is 60.2 Å². The first-order valence-corrected chi connectivity index (χ1v) is 9.40. The molecule has 2 aromatic carbocycles. The fourth-order valence-corrected chi connectivity index (χ4v) is 3.98. The van der Waals surface area contributed by atoms with Crippen LogP contribution < -0.4 is 14.8 Å². The first-order valence-electron chi connectivity index (χ1n) is 9.40. The number of fused-ring (bicyclic) bond motifs is 2. The number of ether oxygens (including phenoxy) is 3. The summed E-state index contributed by atoms with van der Waals surface area (Å²) in [6, 6.07) is 18.7. The van der Waals surface area contributed by atoms with Gasteiger partial charge in [0.2, 0.25) is 6.79 Å². The molecule has 0 saturated carbocycles. The van der Waals surface area contributed by atoms with Crippen molar-refractivity contribution < 1.29 is 14.2 Å². The van der Waals surface area contributed by atoms with E-state index in [2.05, 4.69) is 35.6 Å². The molecular weight excluding hydrogens is 340 g/mol. The van der Waals surface area contributed by atoms with Crippen LogP contribution in [0.3, 0.4) is 0 Å². The molecule has 0 bridgehead atoms. The lowest BCUT2D eigenvalue weighted by molar-refractivity contribution is 0.0543. The van der Waals surface area contributed by atoms with E-state index in [1.54, 1.807) is 0 Å². The third-order valence-electron chi connectivity index (χ3n) is 5.64. The summed E-state index contributed by atoms with van der Waals surface area (Å²) in [5.41, 5.74) is 2.27. The molecule has 5 rings (SSSR count). The zero-order valence-electron chi connectivity index (χ0n) is 15.1. The van der Waals surface area contributed by atoms with Crippen molar-refractivity contribution in [2.75, 3.05) is 31.9 Å². The molecule has 0 atom stereocenters. The number of pyridine rings is 1. The standard InChI is InChI=1S/C22H22N2O3/c1-2-4-18-16(3-1)5-8-21(24-18)23-14-22(9-11-25-12-10-22)17-6-7-19-20(13-17)27-15-26-19/h1-8,13H,9-12,14-15H2,(H,23,24). The summed E-state index contributed by atoms with van der Waals surface area (Å²) in [7, 11) is 0. The maximum absolute atomic E-state index is 5.65. The van der Waals surface area contributed by atoms with Gasteiger partial charge in [0.15, 0.2) is 11.5 Å². The summed E-state index contributed by atoms with van der Waals surface area (Å²) >= 11 is 0. The zero-order chi connectivity index (χ0) is 18.1. The molecule has 1 saturated heterocycles. The van der Waals surface area contributed by atoms with E-state index in [4.69, 9.17) is 19.2 Å². The Kier molecular flexibility index (Phi) is 4.09. The maximum Gasteiger partial charge on any atom is 0.231 e. The first kappa shape index (κ1) is 16.4. The maximum atomic E-state index is 5.65. The van der Waals surface area contributed by atoms with Crippen molar-refractivity contribution in [3.63, 3.8) is 0 Å². The smallest absolute Gasteiger partial charge is 0.231 e. The second-order valence-electron chi connectivity index (χ2n) is 7.20. The average Bonchev–Trinajstić information content (AvgIpc) is 3.21. The fourth-order valence-electron chi connectivity index (χ4n) is 3.98. The highest BCUT2D eigenvalue weighted by atomic mass is 16.7. The predicted molar refractivity (Wildman–Crippen MR) is 105 cm³/mol. The number of nitrogens with one attached hydrogen (secondary N) is 1. The highest BCUT2D eigenvalue weighted by molar-refractivity contribution is 5.80. The Balaban J connectivity index is 1.43. The molecule has 0 unspecified atom stereocenters. The van der Waals surface area contributed by atoms with Gasteiger partial charge >= 0.3 is 0 Å². The number of hydrogen-bond donors (Lipinski definition) is 1. The summed E-state index contributed by atoms with van der Waals surface area (Å²) in [6.07, 6.45) is 1.93. The van der Waals surface area contributed by atoms with Gasteiger partial charge in [0.1, 0.15) is 5.82 Å². The van der Waals surface area contributed by atoms with Crippen LogP contribution in [-0.2, 0) is 10.2 Å². The van der Waals surface area contributed by atoms with E-state index < -0.39 is 0 Å². The molecule has 0 amide bonds. The van der Waals surface area contributed by atoms with Crippen LogP contribution in [0.2, 0.25) is 0 Å². The van der Waals surface area contributed by atoms with Gasteiger partial charge in [0.25, 0.3) is 0 Å². The van der Waals surface area contributed by atoms with E-state index in [1.165, 1.54) is 5.56 Å². The average molecular weight is 362 g/mol. The lowest BCUT2D eigenvalue weighted by Gasteiger charge is -2.38. The first-order chi connectivity index (χ1) is 13.3. The Morgan fingerprint density at radius 1 is 0.926 bits per heavy atom. The second kappa shape index (κ2) is 6.74. The highest BCUT2D eigenvalue weighted by Gasteiger charge is 2.35. The lowest BCUT2D eigenvalue weighted by atomic mass is 9.74. The van der Waals surface area contributed by atoms with Gasteiger partial charge in [0, 0.05) is 30.6 Å². The van der Waals surface area contributed by atoms with E-state index in [0.29, 0.717) is 6.79 Å². The third kappa shape index (κ3) is 3.08. The van der Waals surface area contributed by atoms with Crippen molar-refractivity contribution in [2.45, 2.75) is 18.3 Å². The van der Waals surface area contributed by atoms with Gasteiger partial charge < -0.3 is 19.5 Å². The van der Waals surface area contributed by atoms with E-state index >= 15 is 0 Å². The predicted octanol–water partition coefficient (Wildman–Crippen LogP) is 4.12. The molecule has 3 aromatic rings. The van der Waals surface area contributed by atoms with Gasteiger partial charge in [0.05, 0.1) is 5.52 Å². The molecule has 0 aliphatic carbocycles. The molecule has 2 aliphatic rings. The number of anilines is 1. The fraction of sp³-hybridized carbons (Fsp3) is 0.318. The van der Waals surface area contributed by atoms with E-state index in [1.807, 2.05) is 24.3 Å². The quantitative estimate of drug-likeness (QED) is 0.756. The summed E-state index contributed by atoms with van der Waals surface area (Å²) < 4.78 is 16.7. The van der Waals surface area contributed by atoms with Crippen molar-refractivity contribution in [3.8, 4) is 11.5 Å². The van der Waals surface area contributed by atoms with Gasteiger partial charge in [-0.2, -0.15) is 0 Å². The summed E-state index contributed by atoms with van der Waals surface area (Å²) in [5, 5.41) is 4.73. The topological polar surface area (TPSA) is 52.6 Å². The Morgan fingerprint density at radius 2 is 1.78 bits per heavy atom. The number of nitrogens with zero attached hydrogens (tertiary/aromatic N) is 1. The number of aromatic nitrogens is 1. The molecule has 0 radical (unpaired) electrons. The molecular formula is C22H22N2O3. The SMILES string of the molecule is c1ccc2nc(NCC3(c4ccc5c(c4)OCO5)CCOCC3)ccc2c1. The molecule has 1 N–H and O–H groups in total. The van der Waals surface area contributed by atoms with Gasteiger partial charge in [-0.25, -0.2) is 4.98 Å². The van der Waals surface area contributed by atoms with Crippen LogP contribution in [0.5, 0.6) is 11.5 Å². The second-order valence-corrected chi connectivity index (χ2v) is 7.20. The number of para-hydroxylation sites is 1. The van der Waals surface area contributed by atoms with Gasteiger partial charge in [-0.15, -0.1) is 0 Å². The number of benzene rings is 2. The minimum atomic E-state index is -0.00739. The van der Waals surface area contributed by atoms with Crippen molar-refractivity contribution >= 4 is 16.7 Å². The monoisotopic (exact) mass is 362 g/mol. The van der Waals surface area contributed by atoms with Crippen molar-refractivity contribution in [1.82, 2.24) is 4.98 Å². The molecule has 1 aromatic heterocycles. The molecule has 2 aliphatic heterocycles. The van der Waals surface area contributed by atoms with Gasteiger partial charge in [-0.05, 0) is 48.7 Å². The molecule has 1 fully saturated rings. The van der Waals surface area contributed by atoms with Crippen LogP contribution in [0, 0.1) is 0 Å². The van der Waals surface area contributed by atoms with Gasteiger partial charge in [-0.1, -0.05) is 24.3 Å². The van der Waals surface area contributed by atoms with Crippen molar-refractivity contribution in [1.29, 1.82) is 0 Å². The summed E-state index contributed by atoms with van der Waals surface area (Å²) in [4.78, 5) is 4.76. The molecule has 0 spiro atoms. The Bertz CT molecular complexity index is 967. The van der Waals surface area contributed by atoms with Crippen molar-refractivity contribution in [2.24, 2.45) is 0 Å². The van der Waals surface area contributed by atoms with E-state index in [9.17, 15) is 0 Å². The van der Waals surface area contributed by atoms with Crippen LogP contribution in [0.15, 0.2) is 54.6 Å². The third-order valence-corrected chi connectivity index (χ3v) is 5.64. The highest BCUT2D eigenvalue weighted by Crippen LogP contribution is 2.41. The number of hydrogen-bond acceptors (Lipinski definition) is 5. The van der Waals surface area contributed by atoms with Crippen LogP contribution in [-0.4, -0.2) is 31.5 Å². The van der Waals surface area contributed by atoms with Crippen LogP contribution in [0.1, 0.15) is 18.4 Å². The van der Waals surface area contributed by atoms with E-state index in [-0.39, 0.29) is 5.41 Å². The minimum absolute atomic E-state index is 0.00739. The number of rotatable bonds is 4. The normalized spacial score (nSPS) is 17.8. The summed E-state index contributed by atoms with van der Waals surface area (Å²) in [6.45, 7) is 2.64. The summed E-state index contributed by atoms with van der Waals surface area (Å²) in [5.74, 6) is 2.56. The largest absolute Gasteiger partial charge is 0.454 e. The molecule has 5 heteroatoms. The molecule has 138 valence electrons. The molecule has 3 heterocycles. The zero-order valence-corrected chi connectivity index (χ0v) is 15.1. The van der Waals surface area contributed by atoms with Crippen LogP contribution in [0.4, 0.5) is 5.82 Å². The van der Waals surface area contributed by atoms with Gasteiger partial charge in [-0.3, -0.25) is 0 Å². The Morgan fingerprint density at radius 3 is 2.70 bits per heavy atom. The van der Waals surface area contributed by atoms with Crippen LogP contribution in [0.25, 0.3) is 10.9 Å². The molecule has 27 heavy (non-hydrogen) atoms. The molecule has 5 nitrogen and oxygen atoms in total. The Hall–Kier alpha value is -2.79. The Labute approximate surface area is 158 Å².